The standard InChI is InChI=1S/C40H58O4/c1-7-33(41)44-32-23-25(2)34-29(37(32,3)4)15-18-39(6)28-16-19-40(36(42)43-24-26-11-9-8-10-12-26)20-17-31(38(5)21-22-38)35(40)27(28)13-14-30(34)39/h8-12,25,27-32,34-35H,7,13-24H2,1-6H3. The van der Waals surface area contributed by atoms with Crippen molar-refractivity contribution in [2.24, 2.45) is 69.0 Å². The van der Waals surface area contributed by atoms with Gasteiger partial charge in [0.25, 0.3) is 0 Å². The Kier molecular flexibility index (Phi) is 7.61. The van der Waals surface area contributed by atoms with Crippen LogP contribution < -0.4 is 0 Å². The van der Waals surface area contributed by atoms with Crippen LogP contribution in [0.25, 0.3) is 0 Å². The van der Waals surface area contributed by atoms with Crippen LogP contribution in [-0.2, 0) is 25.7 Å². The van der Waals surface area contributed by atoms with E-state index < -0.39 is 0 Å². The third kappa shape index (κ3) is 4.64. The topological polar surface area (TPSA) is 52.6 Å². The molecule has 1 aromatic carbocycles. The lowest BCUT2D eigenvalue weighted by Gasteiger charge is -2.66. The summed E-state index contributed by atoms with van der Waals surface area (Å²) in [5.41, 5.74) is 1.58. The molecule has 11 unspecified atom stereocenters. The smallest absolute Gasteiger partial charge is 0.312 e. The molecule has 242 valence electrons. The van der Waals surface area contributed by atoms with Crippen LogP contribution in [0.3, 0.4) is 0 Å². The maximum Gasteiger partial charge on any atom is 0.312 e. The van der Waals surface area contributed by atoms with E-state index in [9.17, 15) is 9.59 Å². The molecule has 0 aromatic heterocycles. The summed E-state index contributed by atoms with van der Waals surface area (Å²) in [4.78, 5) is 26.7. The van der Waals surface area contributed by atoms with Gasteiger partial charge in [-0.1, -0.05) is 71.9 Å². The molecule has 0 spiro atoms. The van der Waals surface area contributed by atoms with Crippen molar-refractivity contribution in [1.29, 1.82) is 0 Å². The van der Waals surface area contributed by atoms with Gasteiger partial charge in [-0.3, -0.25) is 9.59 Å². The Morgan fingerprint density at radius 2 is 1.50 bits per heavy atom. The van der Waals surface area contributed by atoms with Gasteiger partial charge in [0.05, 0.1) is 5.41 Å². The quantitative estimate of drug-likeness (QED) is 0.304. The number of ether oxygens (including phenoxy) is 2. The van der Waals surface area contributed by atoms with E-state index in [1.54, 1.807) is 0 Å². The Morgan fingerprint density at radius 3 is 2.18 bits per heavy atom. The SMILES string of the molecule is CCC(=O)OC1CC(C)C2C(CCC3(C)C4CCC5(C(=O)OCc6ccccc6)CCC(C6(C)CC6)C5C4CCC23)C1(C)C. The van der Waals surface area contributed by atoms with E-state index in [-0.39, 0.29) is 28.9 Å². The number of carbonyl (C=O) groups excluding carboxylic acids is 2. The molecular formula is C40H58O4. The fourth-order valence-corrected chi connectivity index (χ4v) is 12.8. The maximum atomic E-state index is 14.3. The van der Waals surface area contributed by atoms with Gasteiger partial charge in [-0.15, -0.1) is 0 Å². The van der Waals surface area contributed by atoms with E-state index in [1.165, 1.54) is 51.4 Å². The lowest BCUT2D eigenvalue weighted by molar-refractivity contribution is -0.208. The van der Waals surface area contributed by atoms with Crippen LogP contribution in [0.5, 0.6) is 0 Å². The number of hydrogen-bond acceptors (Lipinski definition) is 4. The van der Waals surface area contributed by atoms with Crippen molar-refractivity contribution in [1.82, 2.24) is 0 Å². The molecule has 7 rings (SSSR count). The Hall–Kier alpha value is -1.84. The lowest BCUT2D eigenvalue weighted by atomic mass is 9.38. The molecule has 11 atom stereocenters. The summed E-state index contributed by atoms with van der Waals surface area (Å²) >= 11 is 0. The molecule has 44 heavy (non-hydrogen) atoms. The Bertz CT molecular complexity index is 1250. The zero-order valence-electron chi connectivity index (χ0n) is 28.4. The van der Waals surface area contributed by atoms with Crippen molar-refractivity contribution in [3.8, 4) is 0 Å². The highest BCUT2D eigenvalue weighted by atomic mass is 16.5. The highest BCUT2D eigenvalue weighted by Crippen LogP contribution is 2.74. The highest BCUT2D eigenvalue weighted by molar-refractivity contribution is 5.78. The zero-order chi connectivity index (χ0) is 31.1. The Balaban J connectivity index is 1.16. The summed E-state index contributed by atoms with van der Waals surface area (Å²) in [6.07, 6.45) is 13.7. The Labute approximate surface area is 266 Å². The minimum Gasteiger partial charge on any atom is -0.462 e. The molecule has 0 N–H and O–H groups in total. The largest absolute Gasteiger partial charge is 0.462 e. The molecule has 4 nitrogen and oxygen atoms in total. The van der Waals surface area contributed by atoms with Gasteiger partial charge in [0.15, 0.2) is 0 Å². The molecule has 0 aliphatic heterocycles. The maximum absolute atomic E-state index is 14.3. The van der Waals surface area contributed by atoms with Gasteiger partial charge in [-0.2, -0.15) is 0 Å². The predicted molar refractivity (Wildman–Crippen MR) is 173 cm³/mol. The molecule has 0 amide bonds. The fraction of sp³-hybridized carbons (Fsp3) is 0.800. The molecule has 6 aliphatic rings. The Morgan fingerprint density at radius 1 is 0.818 bits per heavy atom. The zero-order valence-corrected chi connectivity index (χ0v) is 28.4. The van der Waals surface area contributed by atoms with Gasteiger partial charge >= 0.3 is 11.9 Å². The third-order valence-corrected chi connectivity index (χ3v) is 15.4. The molecule has 0 heterocycles. The van der Waals surface area contributed by atoms with Crippen molar-refractivity contribution >= 4 is 11.9 Å². The molecule has 1 aromatic rings. The number of esters is 2. The summed E-state index contributed by atoms with van der Waals surface area (Å²) in [6.45, 7) is 14.8. The first kappa shape index (κ1) is 30.8. The van der Waals surface area contributed by atoms with Crippen LogP contribution in [0.15, 0.2) is 30.3 Å². The molecule has 0 saturated heterocycles. The molecule has 4 heteroatoms. The van der Waals surface area contributed by atoms with E-state index >= 15 is 0 Å². The van der Waals surface area contributed by atoms with Gasteiger partial charge in [0.2, 0.25) is 0 Å². The van der Waals surface area contributed by atoms with E-state index in [0.717, 1.165) is 30.7 Å². The minimum atomic E-state index is -0.289. The molecule has 6 saturated carbocycles. The molecular weight excluding hydrogens is 544 g/mol. The molecule has 0 bridgehead atoms. The number of carbonyl (C=O) groups is 2. The first-order valence-electron chi connectivity index (χ1n) is 18.4. The van der Waals surface area contributed by atoms with Gasteiger partial charge in [-0.25, -0.2) is 0 Å². The average molecular weight is 603 g/mol. The first-order valence-corrected chi connectivity index (χ1v) is 18.4. The van der Waals surface area contributed by atoms with Crippen molar-refractivity contribution < 1.29 is 19.1 Å². The van der Waals surface area contributed by atoms with E-state index in [2.05, 4.69) is 46.8 Å². The lowest BCUT2D eigenvalue weighted by Crippen LogP contribution is -2.62. The van der Waals surface area contributed by atoms with Gasteiger partial charge in [0.1, 0.15) is 12.7 Å². The van der Waals surface area contributed by atoms with Crippen LogP contribution in [0.2, 0.25) is 0 Å². The second-order valence-electron chi connectivity index (χ2n) is 17.6. The summed E-state index contributed by atoms with van der Waals surface area (Å²) < 4.78 is 12.4. The third-order valence-electron chi connectivity index (χ3n) is 15.4. The van der Waals surface area contributed by atoms with Crippen molar-refractivity contribution in [2.75, 3.05) is 0 Å². The monoisotopic (exact) mass is 602 g/mol. The van der Waals surface area contributed by atoms with Crippen molar-refractivity contribution in [3.63, 3.8) is 0 Å². The van der Waals surface area contributed by atoms with Gasteiger partial charge in [-0.05, 0) is 134 Å². The van der Waals surface area contributed by atoms with Crippen LogP contribution in [0.4, 0.5) is 0 Å². The fourth-order valence-electron chi connectivity index (χ4n) is 12.8. The number of rotatable bonds is 6. The minimum absolute atomic E-state index is 0.0154. The van der Waals surface area contributed by atoms with Gasteiger partial charge < -0.3 is 9.47 Å². The summed E-state index contributed by atoms with van der Waals surface area (Å²) in [5.74, 6) is 5.17. The highest BCUT2D eigenvalue weighted by Gasteiger charge is 2.69. The number of hydrogen-bond donors (Lipinski definition) is 0. The van der Waals surface area contributed by atoms with Gasteiger partial charge in [0, 0.05) is 11.8 Å². The second kappa shape index (κ2) is 10.9. The summed E-state index contributed by atoms with van der Waals surface area (Å²) in [5, 5.41) is 0. The van der Waals surface area contributed by atoms with Crippen LogP contribution in [0, 0.1) is 69.0 Å². The van der Waals surface area contributed by atoms with E-state index in [4.69, 9.17) is 9.47 Å². The summed E-state index contributed by atoms with van der Waals surface area (Å²) in [6, 6.07) is 10.2. The number of fused-ring (bicyclic) bond motifs is 7. The normalized spacial score (nSPS) is 44.7. The second-order valence-corrected chi connectivity index (χ2v) is 17.6. The molecule has 6 fully saturated rings. The predicted octanol–water partition coefficient (Wildman–Crippen LogP) is 9.40. The van der Waals surface area contributed by atoms with Crippen LogP contribution in [0.1, 0.15) is 124 Å². The molecule has 0 radical (unpaired) electrons. The van der Waals surface area contributed by atoms with Crippen LogP contribution in [-0.4, -0.2) is 18.0 Å². The van der Waals surface area contributed by atoms with E-state index in [0.29, 0.717) is 65.3 Å². The summed E-state index contributed by atoms with van der Waals surface area (Å²) in [7, 11) is 0. The van der Waals surface area contributed by atoms with E-state index in [1.807, 2.05) is 25.1 Å². The molecule has 6 aliphatic carbocycles. The van der Waals surface area contributed by atoms with Crippen LogP contribution >= 0.6 is 0 Å². The average Bonchev–Trinajstić information content (AvgIpc) is 3.62. The first-order chi connectivity index (χ1) is 20.9. The van der Waals surface area contributed by atoms with Crippen molar-refractivity contribution in [2.45, 2.75) is 131 Å². The van der Waals surface area contributed by atoms with Crippen molar-refractivity contribution in [3.05, 3.63) is 35.9 Å². The number of benzene rings is 1.